The van der Waals surface area contributed by atoms with Crippen LogP contribution < -0.4 is 10.2 Å². The van der Waals surface area contributed by atoms with E-state index in [1.54, 1.807) is 13.0 Å². The number of phenols is 3. The number of aliphatic hydroxyl groups excluding tert-OH is 3. The van der Waals surface area contributed by atoms with E-state index in [1.165, 1.54) is 12.1 Å². The molecule has 1 aromatic heterocycles. The van der Waals surface area contributed by atoms with Gasteiger partial charge in [0.1, 0.15) is 40.8 Å². The number of aromatic hydroxyl groups is 3. The summed E-state index contributed by atoms with van der Waals surface area (Å²) in [6, 6.07) is 6.54. The van der Waals surface area contributed by atoms with Crippen molar-refractivity contribution in [2.45, 2.75) is 37.6 Å². The number of hydrogen-bond acceptors (Lipinski definition) is 11. The monoisotopic (exact) mass is 476 g/mol. The second-order valence-electron chi connectivity index (χ2n) is 7.77. The number of aliphatic carboxylic acids is 1. The zero-order valence-corrected chi connectivity index (χ0v) is 17.4. The minimum Gasteiger partial charge on any atom is -0.508 e. The van der Waals surface area contributed by atoms with Gasteiger partial charge >= 0.3 is 5.97 Å². The zero-order chi connectivity index (χ0) is 24.9. The highest BCUT2D eigenvalue weighted by Crippen LogP contribution is 2.42. The highest BCUT2D eigenvalue weighted by atomic mass is 16.7. The van der Waals surface area contributed by atoms with Gasteiger partial charge in [0, 0.05) is 17.7 Å². The Hall–Kier alpha value is -3.84. The minimum atomic E-state index is -1.96. The molecule has 0 unspecified atom stereocenters. The highest BCUT2D eigenvalue weighted by Gasteiger charge is 2.48. The Morgan fingerprint density at radius 3 is 2.32 bits per heavy atom. The number of aliphatic hydroxyl groups is 3. The van der Waals surface area contributed by atoms with E-state index in [9.17, 15) is 40.2 Å². The molecular weight excluding hydrogens is 456 g/mol. The molecule has 5 atom stereocenters. The standard InChI is InChI=1S/C22H20O12/c1-7-4-8(2-3-9(7)23)11-5-10(24)14-12(32-11)6-13(15(25)16(14)26)33-22-19(29)17(27)18(28)20(34-22)21(30)31/h2-6,17-20,22-23,25-29H,1H3,(H,30,31)/t17-,18-,19+,20-,22+/m0/s1. The second kappa shape index (κ2) is 8.50. The van der Waals surface area contributed by atoms with Gasteiger partial charge in [-0.2, -0.15) is 0 Å². The Bertz CT molecular complexity index is 1330. The van der Waals surface area contributed by atoms with Gasteiger partial charge in [0.15, 0.2) is 23.0 Å². The molecule has 0 spiro atoms. The number of carbonyl (C=O) groups is 1. The van der Waals surface area contributed by atoms with Crippen molar-refractivity contribution in [2.75, 3.05) is 0 Å². The number of ether oxygens (including phenoxy) is 2. The summed E-state index contributed by atoms with van der Waals surface area (Å²) in [7, 11) is 0. The lowest BCUT2D eigenvalue weighted by Crippen LogP contribution is -2.61. The molecule has 34 heavy (non-hydrogen) atoms. The number of aryl methyl sites for hydroxylation is 1. The fraction of sp³-hybridized carbons (Fsp3) is 0.273. The third kappa shape index (κ3) is 3.88. The Morgan fingerprint density at radius 2 is 1.68 bits per heavy atom. The highest BCUT2D eigenvalue weighted by molar-refractivity contribution is 5.89. The molecule has 180 valence electrons. The van der Waals surface area contributed by atoms with Crippen LogP contribution in [0.3, 0.4) is 0 Å². The lowest BCUT2D eigenvalue weighted by atomic mass is 9.99. The fourth-order valence-electron chi connectivity index (χ4n) is 3.58. The van der Waals surface area contributed by atoms with E-state index in [-0.39, 0.29) is 22.5 Å². The van der Waals surface area contributed by atoms with Crippen molar-refractivity contribution in [3.63, 3.8) is 0 Å². The van der Waals surface area contributed by atoms with Crippen molar-refractivity contribution < 1.29 is 54.4 Å². The van der Waals surface area contributed by atoms with Crippen LogP contribution in [0.15, 0.2) is 39.5 Å². The fourth-order valence-corrected chi connectivity index (χ4v) is 3.58. The van der Waals surface area contributed by atoms with Crippen molar-refractivity contribution >= 4 is 16.9 Å². The first-order valence-corrected chi connectivity index (χ1v) is 9.91. The third-order valence-electron chi connectivity index (χ3n) is 5.47. The summed E-state index contributed by atoms with van der Waals surface area (Å²) in [5, 5.41) is 69.1. The lowest BCUT2D eigenvalue weighted by molar-refractivity contribution is -0.271. The molecule has 7 N–H and O–H groups in total. The second-order valence-corrected chi connectivity index (χ2v) is 7.77. The number of phenolic OH excluding ortho intramolecular Hbond substituents is 3. The van der Waals surface area contributed by atoms with Crippen LogP contribution in [0.2, 0.25) is 0 Å². The number of carboxylic acids is 1. The SMILES string of the molecule is Cc1cc(-c2cc(=O)c3c(O)c(O)c(O[C@@H]4O[C@H](C(=O)O)[C@@H](O)[C@H](O)[C@H]4O)cc3o2)ccc1O. The Morgan fingerprint density at radius 1 is 0.971 bits per heavy atom. The first-order chi connectivity index (χ1) is 16.0. The normalized spacial score (nSPS) is 24.8. The van der Waals surface area contributed by atoms with E-state index in [4.69, 9.17) is 19.0 Å². The quantitative estimate of drug-likeness (QED) is 0.251. The van der Waals surface area contributed by atoms with Crippen LogP contribution in [0.25, 0.3) is 22.3 Å². The van der Waals surface area contributed by atoms with E-state index in [0.717, 1.165) is 12.1 Å². The molecule has 0 bridgehead atoms. The van der Waals surface area contributed by atoms with Gasteiger partial charge < -0.3 is 49.6 Å². The largest absolute Gasteiger partial charge is 0.508 e. The molecule has 0 saturated carbocycles. The predicted molar refractivity (Wildman–Crippen MR) is 113 cm³/mol. The summed E-state index contributed by atoms with van der Waals surface area (Å²) in [5.74, 6) is -3.95. The zero-order valence-electron chi connectivity index (χ0n) is 17.4. The van der Waals surface area contributed by atoms with E-state index < -0.39 is 59.4 Å². The predicted octanol–water partition coefficient (Wildman–Crippen LogP) is 0.156. The smallest absolute Gasteiger partial charge is 0.335 e. The van der Waals surface area contributed by atoms with Gasteiger partial charge in [0.2, 0.25) is 12.0 Å². The van der Waals surface area contributed by atoms with Gasteiger partial charge in [-0.15, -0.1) is 0 Å². The molecule has 0 aliphatic carbocycles. The number of fused-ring (bicyclic) bond motifs is 1. The Balaban J connectivity index is 1.78. The maximum atomic E-state index is 12.6. The molecule has 2 aromatic carbocycles. The van der Waals surface area contributed by atoms with Crippen LogP contribution in [0.5, 0.6) is 23.0 Å². The average molecular weight is 476 g/mol. The molecule has 1 fully saturated rings. The summed E-state index contributed by atoms with van der Waals surface area (Å²) < 4.78 is 16.0. The van der Waals surface area contributed by atoms with E-state index in [2.05, 4.69) is 0 Å². The third-order valence-corrected chi connectivity index (χ3v) is 5.47. The molecule has 4 rings (SSSR count). The molecule has 12 heteroatoms. The number of carboxylic acid groups (broad SMARTS) is 1. The van der Waals surface area contributed by atoms with Gasteiger partial charge in [-0.1, -0.05) is 0 Å². The molecule has 12 nitrogen and oxygen atoms in total. The Labute approximate surface area is 190 Å². The Kier molecular flexibility index (Phi) is 5.83. The van der Waals surface area contributed by atoms with Gasteiger partial charge in [0.25, 0.3) is 0 Å². The summed E-state index contributed by atoms with van der Waals surface area (Å²) in [6.07, 6.45) is -9.68. The molecule has 0 radical (unpaired) electrons. The van der Waals surface area contributed by atoms with Gasteiger partial charge in [-0.25, -0.2) is 4.79 Å². The average Bonchev–Trinajstić information content (AvgIpc) is 2.78. The number of rotatable bonds is 4. The van der Waals surface area contributed by atoms with Crippen molar-refractivity contribution in [1.29, 1.82) is 0 Å². The maximum Gasteiger partial charge on any atom is 0.335 e. The van der Waals surface area contributed by atoms with Crippen molar-refractivity contribution in [3.8, 4) is 34.3 Å². The summed E-state index contributed by atoms with van der Waals surface area (Å²) >= 11 is 0. The lowest BCUT2D eigenvalue weighted by Gasteiger charge is -2.38. The van der Waals surface area contributed by atoms with Gasteiger partial charge in [-0.05, 0) is 30.7 Å². The first-order valence-electron chi connectivity index (χ1n) is 9.91. The number of benzene rings is 2. The summed E-state index contributed by atoms with van der Waals surface area (Å²) in [6.45, 7) is 1.64. The van der Waals surface area contributed by atoms with Crippen molar-refractivity contribution in [2.24, 2.45) is 0 Å². The minimum absolute atomic E-state index is 0.0307. The van der Waals surface area contributed by atoms with E-state index in [0.29, 0.717) is 11.1 Å². The van der Waals surface area contributed by atoms with E-state index >= 15 is 0 Å². The van der Waals surface area contributed by atoms with Gasteiger partial charge in [0.05, 0.1) is 0 Å². The van der Waals surface area contributed by atoms with Crippen LogP contribution in [0, 0.1) is 6.92 Å². The molecule has 2 heterocycles. The van der Waals surface area contributed by atoms with Crippen LogP contribution >= 0.6 is 0 Å². The molecule has 1 saturated heterocycles. The van der Waals surface area contributed by atoms with Crippen molar-refractivity contribution in [3.05, 3.63) is 46.1 Å². The van der Waals surface area contributed by atoms with Crippen LogP contribution in [0.4, 0.5) is 0 Å². The first kappa shape index (κ1) is 23.3. The topological polar surface area (TPSA) is 207 Å². The molecule has 1 aliphatic heterocycles. The van der Waals surface area contributed by atoms with Crippen molar-refractivity contribution in [1.82, 2.24) is 0 Å². The van der Waals surface area contributed by atoms with Crippen LogP contribution in [-0.4, -0.2) is 72.4 Å². The van der Waals surface area contributed by atoms with Crippen LogP contribution in [0.1, 0.15) is 5.56 Å². The van der Waals surface area contributed by atoms with Crippen LogP contribution in [-0.2, 0) is 9.53 Å². The number of hydrogen-bond donors (Lipinski definition) is 7. The maximum absolute atomic E-state index is 12.6. The molecular formula is C22H20O12. The molecule has 3 aromatic rings. The summed E-state index contributed by atoms with van der Waals surface area (Å²) in [4.78, 5) is 23.9. The van der Waals surface area contributed by atoms with Gasteiger partial charge in [-0.3, -0.25) is 4.79 Å². The van der Waals surface area contributed by atoms with E-state index in [1.807, 2.05) is 0 Å². The summed E-state index contributed by atoms with van der Waals surface area (Å²) in [5.41, 5.74) is -0.00859. The molecule has 0 amide bonds. The molecule has 1 aliphatic rings.